The lowest BCUT2D eigenvalue weighted by Gasteiger charge is -2.51. The van der Waals surface area contributed by atoms with Crippen LogP contribution in [0.5, 0.6) is 11.5 Å². The van der Waals surface area contributed by atoms with Crippen LogP contribution in [0.25, 0.3) is 0 Å². The summed E-state index contributed by atoms with van der Waals surface area (Å²) in [4.78, 5) is 28.9. The van der Waals surface area contributed by atoms with Crippen molar-refractivity contribution in [1.82, 2.24) is 0 Å². The molecule has 0 unspecified atom stereocenters. The standard InChI is InChI=1S/C43H23F10NO4/c1-54(2)19-13-11-18(12-14-19)17-43-22-9-5-3-7-20(22)26(21-8-4-6-10-23(21)43)27-24(57-41(55)28-31(44)35(48)39(52)36(49)32(28)45)15-16-25(30(27)43)58-42(56)29-33(46)37(50)40(53)38(51)34(29)47/h3-16,26H,17H2,1-2H3. The van der Waals surface area contributed by atoms with E-state index in [-0.39, 0.29) is 17.5 Å². The van der Waals surface area contributed by atoms with Crippen molar-refractivity contribution in [3.8, 4) is 11.5 Å². The second-order valence-electron chi connectivity index (χ2n) is 13.8. The Morgan fingerprint density at radius 3 is 1.38 bits per heavy atom. The summed E-state index contributed by atoms with van der Waals surface area (Å²) in [5.41, 5.74) is -1.61. The van der Waals surface area contributed by atoms with E-state index < -0.39 is 104 Å². The highest BCUT2D eigenvalue weighted by atomic mass is 19.2. The molecule has 0 heterocycles. The number of carbonyl (C=O) groups excluding carboxylic acids is 2. The maximum Gasteiger partial charge on any atom is 0.349 e. The van der Waals surface area contributed by atoms with Crippen molar-refractivity contribution in [3.05, 3.63) is 193 Å². The first kappa shape index (κ1) is 38.2. The van der Waals surface area contributed by atoms with E-state index >= 15 is 0 Å². The van der Waals surface area contributed by atoms with Crippen LogP contribution < -0.4 is 14.4 Å². The van der Waals surface area contributed by atoms with Crippen LogP contribution in [0.3, 0.4) is 0 Å². The Hall–Kier alpha value is -6.64. The molecular formula is C43H23F10NO4. The van der Waals surface area contributed by atoms with Crippen molar-refractivity contribution in [2.75, 3.05) is 19.0 Å². The summed E-state index contributed by atoms with van der Waals surface area (Å²) in [6, 6.07) is 22.8. The van der Waals surface area contributed by atoms with Gasteiger partial charge in [0.25, 0.3) is 0 Å². The molecule has 2 bridgehead atoms. The molecule has 0 saturated heterocycles. The fourth-order valence-electron chi connectivity index (χ4n) is 8.02. The van der Waals surface area contributed by atoms with E-state index in [9.17, 15) is 53.5 Å². The van der Waals surface area contributed by atoms with E-state index in [4.69, 9.17) is 9.47 Å². The van der Waals surface area contributed by atoms with Gasteiger partial charge in [0.15, 0.2) is 46.5 Å². The predicted octanol–water partition coefficient (Wildman–Crippen LogP) is 9.97. The third kappa shape index (κ3) is 5.46. The maximum absolute atomic E-state index is 15.0. The summed E-state index contributed by atoms with van der Waals surface area (Å²) in [7, 11) is 3.64. The van der Waals surface area contributed by atoms with Crippen LogP contribution in [0, 0.1) is 58.2 Å². The molecule has 0 aliphatic heterocycles. The molecule has 0 radical (unpaired) electrons. The van der Waals surface area contributed by atoms with Crippen molar-refractivity contribution in [1.29, 1.82) is 0 Å². The van der Waals surface area contributed by atoms with Gasteiger partial charge in [0, 0.05) is 36.8 Å². The van der Waals surface area contributed by atoms with Gasteiger partial charge in [-0.1, -0.05) is 60.7 Å². The number of ether oxygens (including phenoxy) is 2. The number of anilines is 1. The smallest absolute Gasteiger partial charge is 0.349 e. The van der Waals surface area contributed by atoms with Crippen LogP contribution >= 0.6 is 0 Å². The number of nitrogens with zero attached hydrogens (tertiary/aromatic N) is 1. The van der Waals surface area contributed by atoms with Crippen LogP contribution in [0.1, 0.15) is 65.6 Å². The molecule has 0 atom stereocenters. The number of rotatable bonds is 7. The van der Waals surface area contributed by atoms with Gasteiger partial charge in [0.05, 0.1) is 5.41 Å². The van der Waals surface area contributed by atoms with Gasteiger partial charge < -0.3 is 14.4 Å². The highest BCUT2D eigenvalue weighted by molar-refractivity contribution is 5.94. The Bertz CT molecular complexity index is 2650. The van der Waals surface area contributed by atoms with Crippen LogP contribution in [-0.2, 0) is 11.8 Å². The fourth-order valence-corrected chi connectivity index (χ4v) is 8.02. The van der Waals surface area contributed by atoms with Crippen LogP contribution in [0.4, 0.5) is 49.6 Å². The lowest BCUT2D eigenvalue weighted by atomic mass is 9.51. The van der Waals surface area contributed by atoms with E-state index in [0.717, 1.165) is 17.8 Å². The van der Waals surface area contributed by atoms with Crippen LogP contribution in [0.15, 0.2) is 84.9 Å². The highest BCUT2D eigenvalue weighted by Crippen LogP contribution is 2.64. The Kier molecular flexibility index (Phi) is 9.09. The molecule has 0 spiro atoms. The molecule has 0 amide bonds. The second-order valence-corrected chi connectivity index (χ2v) is 13.8. The molecule has 294 valence electrons. The highest BCUT2D eigenvalue weighted by Gasteiger charge is 2.55. The lowest BCUT2D eigenvalue weighted by Crippen LogP contribution is -2.44. The van der Waals surface area contributed by atoms with Gasteiger partial charge in [0.1, 0.15) is 22.6 Å². The van der Waals surface area contributed by atoms with E-state index in [1.165, 1.54) is 0 Å². The van der Waals surface area contributed by atoms with E-state index in [1.807, 2.05) is 31.1 Å². The summed E-state index contributed by atoms with van der Waals surface area (Å²) in [6.07, 6.45) is 0.0105. The average Bonchev–Trinajstić information content (AvgIpc) is 3.22. The molecule has 6 aromatic carbocycles. The quantitative estimate of drug-likeness (QED) is 0.0529. The average molecular weight is 808 g/mol. The molecule has 6 aromatic rings. The molecule has 0 saturated carbocycles. The number of hydrogen-bond acceptors (Lipinski definition) is 5. The summed E-state index contributed by atoms with van der Waals surface area (Å²) >= 11 is 0. The first-order valence-corrected chi connectivity index (χ1v) is 17.2. The minimum Gasteiger partial charge on any atom is -0.422 e. The van der Waals surface area contributed by atoms with Gasteiger partial charge >= 0.3 is 11.9 Å². The number of esters is 2. The first-order chi connectivity index (χ1) is 27.6. The number of hydrogen-bond donors (Lipinski definition) is 0. The van der Waals surface area contributed by atoms with Crippen molar-refractivity contribution in [2.45, 2.75) is 17.8 Å². The minimum absolute atomic E-state index is 0.0105. The van der Waals surface area contributed by atoms with Crippen molar-refractivity contribution in [2.24, 2.45) is 0 Å². The summed E-state index contributed by atoms with van der Waals surface area (Å²) in [5, 5.41) is 0. The first-order valence-electron chi connectivity index (χ1n) is 17.2. The summed E-state index contributed by atoms with van der Waals surface area (Å²) in [6.45, 7) is 0. The van der Waals surface area contributed by atoms with Gasteiger partial charge in [-0.15, -0.1) is 0 Å². The van der Waals surface area contributed by atoms with E-state index in [2.05, 4.69) is 0 Å². The van der Waals surface area contributed by atoms with Crippen molar-refractivity contribution >= 4 is 17.6 Å². The van der Waals surface area contributed by atoms with Crippen molar-refractivity contribution < 1.29 is 63.0 Å². The van der Waals surface area contributed by atoms with Crippen LogP contribution in [0.2, 0.25) is 0 Å². The monoisotopic (exact) mass is 807 g/mol. The van der Waals surface area contributed by atoms with E-state index in [0.29, 0.717) is 27.8 Å². The zero-order chi connectivity index (χ0) is 41.5. The second kappa shape index (κ2) is 13.8. The number of carbonyl (C=O) groups is 2. The van der Waals surface area contributed by atoms with Gasteiger partial charge in [-0.05, 0) is 58.5 Å². The Morgan fingerprint density at radius 1 is 0.534 bits per heavy atom. The van der Waals surface area contributed by atoms with Gasteiger partial charge in [-0.25, -0.2) is 53.5 Å². The normalized spacial score (nSPS) is 16.0. The number of benzene rings is 6. The SMILES string of the molecule is CN(C)c1ccc(CC23c4ccccc4C(c4ccccc42)c2c(OC(=O)c4c(F)c(F)c(F)c(F)c4F)ccc(OC(=O)c4c(F)c(F)c(F)c(F)c4F)c23)cc1. The molecule has 0 N–H and O–H groups in total. The van der Waals surface area contributed by atoms with E-state index in [1.54, 1.807) is 60.7 Å². The zero-order valence-corrected chi connectivity index (χ0v) is 29.7. The predicted molar refractivity (Wildman–Crippen MR) is 187 cm³/mol. The Labute approximate surface area is 321 Å². The molecule has 0 fully saturated rings. The Balaban J connectivity index is 1.41. The molecule has 3 aliphatic rings. The van der Waals surface area contributed by atoms with Crippen LogP contribution in [-0.4, -0.2) is 26.0 Å². The largest absolute Gasteiger partial charge is 0.422 e. The topological polar surface area (TPSA) is 55.8 Å². The van der Waals surface area contributed by atoms with Crippen molar-refractivity contribution in [3.63, 3.8) is 0 Å². The summed E-state index contributed by atoms with van der Waals surface area (Å²) < 4.78 is 156. The Morgan fingerprint density at radius 2 is 0.931 bits per heavy atom. The zero-order valence-electron chi connectivity index (χ0n) is 29.7. The minimum atomic E-state index is -2.52. The molecule has 15 heteroatoms. The van der Waals surface area contributed by atoms with Gasteiger partial charge in [0.2, 0.25) is 11.6 Å². The molecule has 58 heavy (non-hydrogen) atoms. The third-order valence-corrected chi connectivity index (χ3v) is 10.5. The fraction of sp³-hybridized carbons (Fsp3) is 0.116. The lowest BCUT2D eigenvalue weighted by molar-refractivity contribution is 0.0700. The number of halogens is 10. The third-order valence-electron chi connectivity index (χ3n) is 10.5. The molecule has 9 rings (SSSR count). The molecule has 0 aromatic heterocycles. The van der Waals surface area contributed by atoms with Gasteiger partial charge in [-0.2, -0.15) is 0 Å². The summed E-state index contributed by atoms with van der Waals surface area (Å²) in [5.74, 6) is -30.6. The van der Waals surface area contributed by atoms with Gasteiger partial charge in [-0.3, -0.25) is 0 Å². The molecular weight excluding hydrogens is 784 g/mol. The molecule has 3 aliphatic carbocycles. The maximum atomic E-state index is 15.0. The molecule has 5 nitrogen and oxygen atoms in total.